The zero-order valence-corrected chi connectivity index (χ0v) is 16.2. The van der Waals surface area contributed by atoms with Crippen LogP contribution in [0.2, 0.25) is 0 Å². The van der Waals surface area contributed by atoms with Crippen molar-refractivity contribution < 1.29 is 4.79 Å². The monoisotopic (exact) mass is 415 g/mol. The van der Waals surface area contributed by atoms with E-state index < -0.39 is 0 Å². The number of hydrogen-bond acceptors (Lipinski definition) is 4. The van der Waals surface area contributed by atoms with E-state index in [0.29, 0.717) is 10.6 Å². The fourth-order valence-electron chi connectivity index (χ4n) is 2.53. The predicted molar refractivity (Wildman–Crippen MR) is 105 cm³/mol. The van der Waals surface area contributed by atoms with Gasteiger partial charge in [0, 0.05) is 16.1 Å². The van der Waals surface area contributed by atoms with Crippen LogP contribution in [0.1, 0.15) is 28.6 Å². The van der Waals surface area contributed by atoms with E-state index >= 15 is 0 Å². The van der Waals surface area contributed by atoms with Gasteiger partial charge in [0.2, 0.25) is 0 Å². The molecular formula is C19H18BrN3OS. The largest absolute Gasteiger partial charge is 0.349 e. The van der Waals surface area contributed by atoms with Gasteiger partial charge in [-0.25, -0.2) is 0 Å². The first-order chi connectivity index (χ1) is 12.1. The molecule has 1 amide bonds. The van der Waals surface area contributed by atoms with Crippen LogP contribution < -0.4 is 5.32 Å². The number of amides is 1. The highest BCUT2D eigenvalue weighted by molar-refractivity contribution is 9.10. The first-order valence-corrected chi connectivity index (χ1v) is 9.63. The number of aryl methyl sites for hydroxylation is 1. The molecule has 1 heterocycles. The maximum atomic E-state index is 12.6. The van der Waals surface area contributed by atoms with Gasteiger partial charge in [0.05, 0.1) is 0 Å². The van der Waals surface area contributed by atoms with E-state index in [0.717, 1.165) is 34.4 Å². The van der Waals surface area contributed by atoms with Crippen LogP contribution >= 0.6 is 27.5 Å². The Hall–Kier alpha value is -2.05. The standard InChI is InChI=1S/C19H18BrN3OS/c1-13(7-8-14-5-3-2-4-6-14)21-19(24)18-17(22-23-25-18)15-9-11-16(20)12-10-15/h2-6,9-13H,7-8H2,1H3,(H,21,24)/t13-/m0/s1. The Morgan fingerprint density at radius 1 is 1.16 bits per heavy atom. The van der Waals surface area contributed by atoms with Gasteiger partial charge in [-0.2, -0.15) is 0 Å². The number of carbonyl (C=O) groups excluding carboxylic acids is 1. The molecule has 0 fully saturated rings. The number of nitrogens with zero attached hydrogens (tertiary/aromatic N) is 2. The number of halogens is 1. The summed E-state index contributed by atoms with van der Waals surface area (Å²) in [5.74, 6) is -0.117. The molecule has 0 radical (unpaired) electrons. The molecule has 1 atom stereocenters. The number of rotatable bonds is 6. The quantitative estimate of drug-likeness (QED) is 0.633. The fourth-order valence-corrected chi connectivity index (χ4v) is 3.38. The molecular weight excluding hydrogens is 398 g/mol. The number of nitrogens with one attached hydrogen (secondary N) is 1. The van der Waals surface area contributed by atoms with Gasteiger partial charge in [-0.3, -0.25) is 4.79 Å². The van der Waals surface area contributed by atoms with Crippen LogP contribution in [0.5, 0.6) is 0 Å². The van der Waals surface area contributed by atoms with Crippen molar-refractivity contribution >= 4 is 33.4 Å². The van der Waals surface area contributed by atoms with E-state index in [2.05, 4.69) is 43.0 Å². The van der Waals surface area contributed by atoms with Crippen LogP contribution in [0.15, 0.2) is 59.1 Å². The summed E-state index contributed by atoms with van der Waals surface area (Å²) in [7, 11) is 0. The van der Waals surface area contributed by atoms with E-state index in [1.807, 2.05) is 49.4 Å². The lowest BCUT2D eigenvalue weighted by Gasteiger charge is -2.13. The smallest absolute Gasteiger partial charge is 0.265 e. The molecule has 4 nitrogen and oxygen atoms in total. The average Bonchev–Trinajstić information content (AvgIpc) is 3.11. The van der Waals surface area contributed by atoms with Crippen LogP contribution in [0.4, 0.5) is 0 Å². The zero-order chi connectivity index (χ0) is 17.6. The van der Waals surface area contributed by atoms with Crippen LogP contribution in [0, 0.1) is 0 Å². The second kappa shape index (κ2) is 8.36. The van der Waals surface area contributed by atoms with Gasteiger partial charge in [-0.05, 0) is 49.0 Å². The topological polar surface area (TPSA) is 54.9 Å². The summed E-state index contributed by atoms with van der Waals surface area (Å²) in [6, 6.07) is 18.1. The minimum absolute atomic E-state index is 0.0765. The fraction of sp³-hybridized carbons (Fsp3) is 0.211. The summed E-state index contributed by atoms with van der Waals surface area (Å²) in [6.07, 6.45) is 1.82. The molecule has 0 bridgehead atoms. The summed E-state index contributed by atoms with van der Waals surface area (Å²) < 4.78 is 4.95. The summed E-state index contributed by atoms with van der Waals surface area (Å²) in [5, 5.41) is 7.19. The maximum absolute atomic E-state index is 12.6. The first kappa shape index (κ1) is 17.8. The Morgan fingerprint density at radius 3 is 2.60 bits per heavy atom. The van der Waals surface area contributed by atoms with E-state index in [-0.39, 0.29) is 11.9 Å². The molecule has 0 aliphatic heterocycles. The number of benzene rings is 2. The third kappa shape index (κ3) is 4.74. The van der Waals surface area contributed by atoms with Gasteiger partial charge < -0.3 is 5.32 Å². The van der Waals surface area contributed by atoms with Crippen LogP contribution in [-0.4, -0.2) is 21.5 Å². The highest BCUT2D eigenvalue weighted by atomic mass is 79.9. The molecule has 25 heavy (non-hydrogen) atoms. The predicted octanol–water partition coefficient (Wildman–Crippen LogP) is 4.72. The van der Waals surface area contributed by atoms with Crippen LogP contribution in [0.3, 0.4) is 0 Å². The normalized spacial score (nSPS) is 11.9. The molecule has 1 N–H and O–H groups in total. The minimum Gasteiger partial charge on any atom is -0.349 e. The molecule has 128 valence electrons. The Bertz CT molecular complexity index is 833. The minimum atomic E-state index is -0.117. The number of aromatic nitrogens is 2. The Kier molecular flexibility index (Phi) is 5.94. The van der Waals surface area contributed by atoms with Gasteiger partial charge in [0.25, 0.3) is 5.91 Å². The van der Waals surface area contributed by atoms with Crippen molar-refractivity contribution in [3.63, 3.8) is 0 Å². The van der Waals surface area contributed by atoms with Gasteiger partial charge >= 0.3 is 0 Å². The number of hydrogen-bond donors (Lipinski definition) is 1. The van der Waals surface area contributed by atoms with Crippen molar-refractivity contribution in [1.29, 1.82) is 0 Å². The lowest BCUT2D eigenvalue weighted by atomic mass is 10.1. The van der Waals surface area contributed by atoms with Crippen molar-refractivity contribution in [2.24, 2.45) is 0 Å². The number of carbonyl (C=O) groups is 1. The second-order valence-corrected chi connectivity index (χ2v) is 7.53. The highest BCUT2D eigenvalue weighted by Crippen LogP contribution is 2.25. The van der Waals surface area contributed by atoms with Crippen molar-refractivity contribution in [2.75, 3.05) is 0 Å². The van der Waals surface area contributed by atoms with Crippen molar-refractivity contribution in [3.8, 4) is 11.3 Å². The van der Waals surface area contributed by atoms with Gasteiger partial charge in [0.15, 0.2) is 0 Å². The van der Waals surface area contributed by atoms with Crippen LogP contribution in [0.25, 0.3) is 11.3 Å². The van der Waals surface area contributed by atoms with Crippen molar-refractivity contribution in [2.45, 2.75) is 25.8 Å². The van der Waals surface area contributed by atoms with Crippen molar-refractivity contribution in [3.05, 3.63) is 69.5 Å². The Morgan fingerprint density at radius 2 is 1.88 bits per heavy atom. The molecule has 0 spiro atoms. The summed E-state index contributed by atoms with van der Waals surface area (Å²) in [4.78, 5) is 13.1. The molecule has 1 aromatic heterocycles. The summed E-state index contributed by atoms with van der Waals surface area (Å²) in [6.45, 7) is 2.02. The third-order valence-corrected chi connectivity index (χ3v) is 5.15. The lowest BCUT2D eigenvalue weighted by molar-refractivity contribution is 0.0943. The SMILES string of the molecule is C[C@@H](CCc1ccccc1)NC(=O)c1snnc1-c1ccc(Br)cc1. The van der Waals surface area contributed by atoms with E-state index in [1.165, 1.54) is 5.56 Å². The van der Waals surface area contributed by atoms with E-state index in [1.54, 1.807) is 0 Å². The molecule has 0 aliphatic rings. The maximum Gasteiger partial charge on any atom is 0.265 e. The van der Waals surface area contributed by atoms with Crippen molar-refractivity contribution in [1.82, 2.24) is 14.9 Å². The van der Waals surface area contributed by atoms with E-state index in [9.17, 15) is 4.79 Å². The first-order valence-electron chi connectivity index (χ1n) is 8.06. The highest BCUT2D eigenvalue weighted by Gasteiger charge is 2.19. The Balaban J connectivity index is 1.63. The lowest BCUT2D eigenvalue weighted by Crippen LogP contribution is -2.32. The molecule has 0 saturated heterocycles. The Labute approximate surface area is 159 Å². The second-order valence-electron chi connectivity index (χ2n) is 5.86. The molecule has 6 heteroatoms. The summed E-state index contributed by atoms with van der Waals surface area (Å²) >= 11 is 4.54. The zero-order valence-electron chi connectivity index (χ0n) is 13.8. The average molecular weight is 416 g/mol. The van der Waals surface area contributed by atoms with Gasteiger partial charge in [-0.1, -0.05) is 62.9 Å². The molecule has 0 unspecified atom stereocenters. The van der Waals surface area contributed by atoms with Gasteiger partial charge in [-0.15, -0.1) is 5.10 Å². The molecule has 0 aliphatic carbocycles. The summed E-state index contributed by atoms with van der Waals surface area (Å²) in [5.41, 5.74) is 2.79. The molecule has 3 rings (SSSR count). The van der Waals surface area contributed by atoms with Crippen LogP contribution in [-0.2, 0) is 6.42 Å². The van der Waals surface area contributed by atoms with E-state index in [4.69, 9.17) is 0 Å². The molecule has 2 aromatic carbocycles. The third-order valence-electron chi connectivity index (χ3n) is 3.90. The molecule has 3 aromatic rings. The van der Waals surface area contributed by atoms with Gasteiger partial charge in [0.1, 0.15) is 10.6 Å². The molecule has 0 saturated carbocycles.